The first kappa shape index (κ1) is 28.7. The molecule has 4 nitrogen and oxygen atoms in total. The topological polar surface area (TPSA) is 47.6 Å². The first-order valence-corrected chi connectivity index (χ1v) is 12.3. The summed E-state index contributed by atoms with van der Waals surface area (Å²) in [4.78, 5) is 12.0. The van der Waals surface area contributed by atoms with Crippen LogP contribution in [0.5, 0.6) is 0 Å². The van der Waals surface area contributed by atoms with Crippen molar-refractivity contribution < 1.29 is 27.4 Å². The molecule has 1 saturated carbocycles. The molecule has 2 atom stereocenters. The van der Waals surface area contributed by atoms with E-state index in [9.17, 15) is 18.0 Å². The number of nitrogens with one attached hydrogen (secondary N) is 1. The highest BCUT2D eigenvalue weighted by Gasteiger charge is 2.30. The van der Waals surface area contributed by atoms with Crippen LogP contribution < -0.4 is 5.32 Å². The molecule has 0 radical (unpaired) electrons. The number of hydrogen-bond donors (Lipinski definition) is 1. The van der Waals surface area contributed by atoms with Crippen molar-refractivity contribution in [2.24, 2.45) is 0 Å². The number of alkyl carbamates (subject to hydrolysis) is 1. The number of halogens is 3. The van der Waals surface area contributed by atoms with E-state index in [1.807, 2.05) is 45.0 Å². The monoisotopic (exact) mass is 493 g/mol. The van der Waals surface area contributed by atoms with E-state index in [4.69, 9.17) is 9.47 Å². The summed E-state index contributed by atoms with van der Waals surface area (Å²) >= 11 is 0. The standard InChI is InChI=1S/C25H30F3NO3.C3H8/c1-24(2,3)32-23(30)29-21-8-5-9-22(15-21)31-16-17-10-12-18(13-11-17)19-6-4-7-20(14-19)25(26,27)28;1-3-2/h4,6-7,10-14,21-22H,5,8-9,15-16H2,1-3H3,(H,29,30);3H2,1-2H3. The van der Waals surface area contributed by atoms with Gasteiger partial charge in [0.25, 0.3) is 0 Å². The fraction of sp³-hybridized carbons (Fsp3) is 0.536. The van der Waals surface area contributed by atoms with Crippen LogP contribution in [0.2, 0.25) is 0 Å². The van der Waals surface area contributed by atoms with Crippen LogP contribution in [0.25, 0.3) is 11.1 Å². The minimum Gasteiger partial charge on any atom is -0.444 e. The summed E-state index contributed by atoms with van der Waals surface area (Å²) < 4.78 is 50.2. The maximum absolute atomic E-state index is 12.9. The molecule has 1 fully saturated rings. The molecule has 1 N–H and O–H groups in total. The lowest BCUT2D eigenvalue weighted by Gasteiger charge is -2.30. The molecule has 0 heterocycles. The molecule has 3 rings (SSSR count). The van der Waals surface area contributed by atoms with Gasteiger partial charge >= 0.3 is 12.3 Å². The van der Waals surface area contributed by atoms with Gasteiger partial charge in [0.1, 0.15) is 5.60 Å². The van der Waals surface area contributed by atoms with E-state index in [1.54, 1.807) is 6.07 Å². The highest BCUT2D eigenvalue weighted by molar-refractivity contribution is 5.68. The fourth-order valence-corrected chi connectivity index (χ4v) is 3.78. The van der Waals surface area contributed by atoms with E-state index in [-0.39, 0.29) is 12.1 Å². The van der Waals surface area contributed by atoms with Gasteiger partial charge in [-0.15, -0.1) is 0 Å². The third kappa shape index (κ3) is 10.3. The molecular weight excluding hydrogens is 455 g/mol. The van der Waals surface area contributed by atoms with Crippen molar-refractivity contribution >= 4 is 6.09 Å². The number of alkyl halides is 3. The second-order valence-corrected chi connectivity index (χ2v) is 9.93. The SMILES string of the molecule is CC(C)(C)OC(=O)NC1CCCC(OCc2ccc(-c3cccc(C(F)(F)F)c3)cc2)C1.CCC. The highest BCUT2D eigenvalue weighted by Crippen LogP contribution is 2.32. The van der Waals surface area contributed by atoms with E-state index >= 15 is 0 Å². The first-order chi connectivity index (χ1) is 16.4. The van der Waals surface area contributed by atoms with Crippen molar-refractivity contribution in [2.75, 3.05) is 0 Å². The van der Waals surface area contributed by atoms with E-state index in [0.717, 1.165) is 48.9 Å². The minimum absolute atomic E-state index is 0.0203. The summed E-state index contributed by atoms with van der Waals surface area (Å²) in [5.74, 6) is 0. The Labute approximate surface area is 207 Å². The lowest BCUT2D eigenvalue weighted by atomic mass is 9.93. The van der Waals surface area contributed by atoms with Crippen LogP contribution in [0.3, 0.4) is 0 Å². The first-order valence-electron chi connectivity index (χ1n) is 12.3. The molecule has 2 unspecified atom stereocenters. The molecule has 0 spiro atoms. The Morgan fingerprint density at radius 1 is 1.00 bits per heavy atom. The predicted octanol–water partition coefficient (Wildman–Crippen LogP) is 8.14. The van der Waals surface area contributed by atoms with Crippen molar-refractivity contribution in [2.45, 2.75) is 97.3 Å². The van der Waals surface area contributed by atoms with Crippen molar-refractivity contribution in [3.8, 4) is 11.1 Å². The Bertz CT molecular complexity index is 920. The molecule has 0 aliphatic heterocycles. The van der Waals surface area contributed by atoms with E-state index < -0.39 is 23.4 Å². The molecule has 35 heavy (non-hydrogen) atoms. The van der Waals surface area contributed by atoms with Gasteiger partial charge in [-0.05, 0) is 75.3 Å². The Morgan fingerprint density at radius 2 is 1.66 bits per heavy atom. The lowest BCUT2D eigenvalue weighted by molar-refractivity contribution is -0.137. The van der Waals surface area contributed by atoms with Crippen molar-refractivity contribution in [1.29, 1.82) is 0 Å². The molecule has 2 aromatic rings. The van der Waals surface area contributed by atoms with Gasteiger partial charge in [-0.3, -0.25) is 0 Å². The zero-order valence-corrected chi connectivity index (χ0v) is 21.4. The summed E-state index contributed by atoms with van der Waals surface area (Å²) in [6.07, 6.45) is 0.0148. The molecule has 1 amide bonds. The fourth-order valence-electron chi connectivity index (χ4n) is 3.78. The smallest absolute Gasteiger partial charge is 0.416 e. The summed E-state index contributed by atoms with van der Waals surface area (Å²) in [5.41, 5.74) is 1.00. The van der Waals surface area contributed by atoms with Crippen LogP contribution in [0.1, 0.15) is 77.8 Å². The quantitative estimate of drug-likeness (QED) is 0.457. The number of hydrogen-bond acceptors (Lipinski definition) is 3. The van der Waals surface area contributed by atoms with Gasteiger partial charge in [0.2, 0.25) is 0 Å². The molecule has 1 aliphatic rings. The average molecular weight is 494 g/mol. The van der Waals surface area contributed by atoms with Crippen LogP contribution in [-0.2, 0) is 22.3 Å². The Morgan fingerprint density at radius 3 is 2.26 bits per heavy atom. The second kappa shape index (κ2) is 13.0. The third-order valence-corrected chi connectivity index (χ3v) is 5.31. The average Bonchev–Trinajstić information content (AvgIpc) is 2.77. The van der Waals surface area contributed by atoms with Gasteiger partial charge in [0.05, 0.1) is 18.3 Å². The molecule has 0 bridgehead atoms. The van der Waals surface area contributed by atoms with Crippen molar-refractivity contribution in [3.05, 3.63) is 59.7 Å². The molecular formula is C28H38F3NO3. The summed E-state index contributed by atoms with van der Waals surface area (Å²) in [5, 5.41) is 2.92. The van der Waals surface area contributed by atoms with Gasteiger partial charge in [-0.2, -0.15) is 13.2 Å². The van der Waals surface area contributed by atoms with Crippen LogP contribution in [0.4, 0.5) is 18.0 Å². The normalized spacial score (nSPS) is 18.3. The van der Waals surface area contributed by atoms with Crippen LogP contribution >= 0.6 is 0 Å². The second-order valence-electron chi connectivity index (χ2n) is 9.93. The largest absolute Gasteiger partial charge is 0.444 e. The van der Waals surface area contributed by atoms with Crippen LogP contribution in [0.15, 0.2) is 48.5 Å². The number of carbonyl (C=O) groups is 1. The van der Waals surface area contributed by atoms with E-state index in [2.05, 4.69) is 19.2 Å². The van der Waals surface area contributed by atoms with Gasteiger partial charge in [0.15, 0.2) is 0 Å². The lowest BCUT2D eigenvalue weighted by Crippen LogP contribution is -2.42. The predicted molar refractivity (Wildman–Crippen MR) is 133 cm³/mol. The van der Waals surface area contributed by atoms with Gasteiger partial charge in [0, 0.05) is 6.04 Å². The number of carbonyl (C=O) groups excluding carboxylic acids is 1. The molecule has 194 valence electrons. The summed E-state index contributed by atoms with van der Waals surface area (Å²) in [6, 6.07) is 12.7. The number of amides is 1. The maximum atomic E-state index is 12.9. The van der Waals surface area contributed by atoms with Crippen molar-refractivity contribution in [1.82, 2.24) is 5.32 Å². The van der Waals surface area contributed by atoms with Gasteiger partial charge < -0.3 is 14.8 Å². The maximum Gasteiger partial charge on any atom is 0.416 e. The highest BCUT2D eigenvalue weighted by atomic mass is 19.4. The Kier molecular flexibility index (Phi) is 10.6. The van der Waals surface area contributed by atoms with Crippen molar-refractivity contribution in [3.63, 3.8) is 0 Å². The zero-order chi connectivity index (χ0) is 26.1. The Balaban J connectivity index is 0.00000137. The third-order valence-electron chi connectivity index (χ3n) is 5.31. The van der Waals surface area contributed by atoms with Gasteiger partial charge in [-0.1, -0.05) is 56.7 Å². The minimum atomic E-state index is -4.36. The Hall–Kier alpha value is -2.54. The number of benzene rings is 2. The molecule has 7 heteroatoms. The molecule has 0 aromatic heterocycles. The zero-order valence-electron chi connectivity index (χ0n) is 21.4. The molecule has 2 aromatic carbocycles. The van der Waals surface area contributed by atoms with E-state index in [1.165, 1.54) is 12.5 Å². The van der Waals surface area contributed by atoms with Crippen LogP contribution in [0, 0.1) is 0 Å². The molecule has 0 saturated heterocycles. The summed E-state index contributed by atoms with van der Waals surface area (Å²) in [7, 11) is 0. The van der Waals surface area contributed by atoms with Crippen LogP contribution in [-0.4, -0.2) is 23.8 Å². The number of rotatable bonds is 5. The molecule has 1 aliphatic carbocycles. The number of ether oxygens (including phenoxy) is 2. The van der Waals surface area contributed by atoms with E-state index in [0.29, 0.717) is 12.2 Å². The summed E-state index contributed by atoms with van der Waals surface area (Å²) in [6.45, 7) is 10.2. The van der Waals surface area contributed by atoms with Gasteiger partial charge in [-0.25, -0.2) is 4.79 Å².